The number of pyridine rings is 1. The zero-order chi connectivity index (χ0) is 22.4. The van der Waals surface area contributed by atoms with Crippen LogP contribution in [-0.4, -0.2) is 20.8 Å². The van der Waals surface area contributed by atoms with Gasteiger partial charge in [0, 0.05) is 23.2 Å². The summed E-state index contributed by atoms with van der Waals surface area (Å²) in [6.45, 7) is 3.69. The van der Waals surface area contributed by atoms with Crippen LogP contribution in [0.5, 0.6) is 0 Å². The highest BCUT2D eigenvalue weighted by Crippen LogP contribution is 2.31. The summed E-state index contributed by atoms with van der Waals surface area (Å²) in [6, 6.07) is 12.7. The maximum absolute atomic E-state index is 13.4. The van der Waals surface area contributed by atoms with Crippen molar-refractivity contribution in [3.05, 3.63) is 86.7 Å². The lowest BCUT2D eigenvalue weighted by atomic mass is 10.1. The van der Waals surface area contributed by atoms with Gasteiger partial charge in [-0.05, 0) is 43.7 Å². The van der Waals surface area contributed by atoms with Gasteiger partial charge >= 0.3 is 0 Å². The van der Waals surface area contributed by atoms with Crippen LogP contribution in [0.15, 0.2) is 62.6 Å². The lowest BCUT2D eigenvalue weighted by Gasteiger charge is -2.13. The molecular formula is C23H17ClN4O4. The number of nitrogens with one attached hydrogen (secondary N) is 1. The summed E-state index contributed by atoms with van der Waals surface area (Å²) < 4.78 is 11.7. The summed E-state index contributed by atoms with van der Waals surface area (Å²) in [6.07, 6.45) is 1.42. The molecule has 3 heterocycles. The number of benzene rings is 2. The number of carbonyl (C=O) groups is 1. The van der Waals surface area contributed by atoms with Crippen molar-refractivity contribution in [1.82, 2.24) is 20.2 Å². The average molecular weight is 449 g/mol. The Morgan fingerprint density at radius 3 is 2.72 bits per heavy atom. The molecular weight excluding hydrogens is 432 g/mol. The highest BCUT2D eigenvalue weighted by Gasteiger charge is 2.20. The van der Waals surface area contributed by atoms with Crippen LogP contribution in [0.4, 0.5) is 0 Å². The van der Waals surface area contributed by atoms with E-state index in [0.29, 0.717) is 43.8 Å². The molecule has 8 nitrogen and oxygen atoms in total. The van der Waals surface area contributed by atoms with E-state index in [4.69, 9.17) is 20.6 Å². The maximum Gasteiger partial charge on any atom is 0.274 e. The van der Waals surface area contributed by atoms with E-state index < -0.39 is 0 Å². The van der Waals surface area contributed by atoms with Crippen molar-refractivity contribution in [3.63, 3.8) is 0 Å². The SMILES string of the molecule is Cc1conc1C(=O)NCc1cccc(-n2c(=O)c3c(C)onc3c3c(Cl)cccc32)c1. The van der Waals surface area contributed by atoms with Crippen LogP contribution >= 0.6 is 11.6 Å². The second-order valence-corrected chi connectivity index (χ2v) is 7.84. The van der Waals surface area contributed by atoms with Gasteiger partial charge in [0.1, 0.15) is 22.9 Å². The van der Waals surface area contributed by atoms with Crippen LogP contribution in [0.25, 0.3) is 27.5 Å². The van der Waals surface area contributed by atoms with E-state index in [1.165, 1.54) is 6.26 Å². The molecule has 0 saturated carbocycles. The van der Waals surface area contributed by atoms with Gasteiger partial charge in [-0.3, -0.25) is 14.2 Å². The Morgan fingerprint density at radius 2 is 1.94 bits per heavy atom. The van der Waals surface area contributed by atoms with Crippen molar-refractivity contribution in [2.75, 3.05) is 0 Å². The number of amides is 1. The smallest absolute Gasteiger partial charge is 0.274 e. The molecule has 2 aromatic carbocycles. The van der Waals surface area contributed by atoms with Crippen molar-refractivity contribution >= 4 is 39.3 Å². The number of carbonyl (C=O) groups excluding carboxylic acids is 1. The Morgan fingerprint density at radius 1 is 1.12 bits per heavy atom. The molecule has 1 amide bonds. The summed E-state index contributed by atoms with van der Waals surface area (Å²) >= 11 is 6.48. The largest absolute Gasteiger partial charge is 0.364 e. The minimum absolute atomic E-state index is 0.242. The number of rotatable bonds is 4. The Kier molecular flexibility index (Phi) is 4.79. The molecule has 0 saturated heterocycles. The fourth-order valence-corrected chi connectivity index (χ4v) is 4.04. The number of hydrogen-bond donors (Lipinski definition) is 1. The standard InChI is InChI=1S/C23H17ClN4O4/c1-12-11-31-26-20(12)22(29)25-10-14-5-3-6-15(9-14)28-17-8-4-7-16(24)19(17)21-18(23(28)30)13(2)32-27-21/h3-9,11H,10H2,1-2H3,(H,25,29). The number of fused-ring (bicyclic) bond motifs is 3. The number of halogens is 1. The molecule has 0 atom stereocenters. The molecule has 3 aromatic heterocycles. The van der Waals surface area contributed by atoms with Gasteiger partial charge in [-0.2, -0.15) is 0 Å². The van der Waals surface area contributed by atoms with Crippen LogP contribution in [0, 0.1) is 13.8 Å². The molecule has 0 aliphatic carbocycles. The van der Waals surface area contributed by atoms with Gasteiger partial charge in [-0.25, -0.2) is 0 Å². The number of hydrogen-bond acceptors (Lipinski definition) is 6. The van der Waals surface area contributed by atoms with E-state index in [1.54, 1.807) is 30.5 Å². The number of aryl methyl sites for hydroxylation is 2. The van der Waals surface area contributed by atoms with Crippen LogP contribution in [0.1, 0.15) is 27.4 Å². The molecule has 0 aliphatic heterocycles. The molecule has 0 aliphatic rings. The van der Waals surface area contributed by atoms with Crippen molar-refractivity contribution in [3.8, 4) is 5.69 Å². The minimum Gasteiger partial charge on any atom is -0.364 e. The molecule has 9 heteroatoms. The van der Waals surface area contributed by atoms with Crippen LogP contribution in [0.2, 0.25) is 5.02 Å². The summed E-state index contributed by atoms with van der Waals surface area (Å²) in [7, 11) is 0. The molecule has 0 fully saturated rings. The Hall–Kier alpha value is -3.91. The van der Waals surface area contributed by atoms with E-state index in [0.717, 1.165) is 5.56 Å². The summed E-state index contributed by atoms with van der Waals surface area (Å²) in [4.78, 5) is 25.8. The summed E-state index contributed by atoms with van der Waals surface area (Å²) in [5.41, 5.74) is 3.14. The van der Waals surface area contributed by atoms with E-state index in [2.05, 4.69) is 15.6 Å². The van der Waals surface area contributed by atoms with E-state index in [1.807, 2.05) is 30.3 Å². The molecule has 5 aromatic rings. The molecule has 1 N–H and O–H groups in total. The first-order valence-corrected chi connectivity index (χ1v) is 10.2. The fraction of sp³-hybridized carbons (Fsp3) is 0.130. The monoisotopic (exact) mass is 448 g/mol. The predicted octanol–water partition coefficient (Wildman–Crippen LogP) is 4.32. The van der Waals surface area contributed by atoms with Crippen molar-refractivity contribution in [2.45, 2.75) is 20.4 Å². The maximum atomic E-state index is 13.4. The third-order valence-corrected chi connectivity index (χ3v) is 5.65. The first kappa shape index (κ1) is 20.0. The van der Waals surface area contributed by atoms with Crippen LogP contribution in [-0.2, 0) is 6.54 Å². The van der Waals surface area contributed by atoms with E-state index in [9.17, 15) is 9.59 Å². The first-order chi connectivity index (χ1) is 15.5. The lowest BCUT2D eigenvalue weighted by molar-refractivity contribution is 0.0941. The fourth-order valence-electron chi connectivity index (χ4n) is 3.78. The van der Waals surface area contributed by atoms with Crippen molar-refractivity contribution < 1.29 is 13.8 Å². The van der Waals surface area contributed by atoms with Gasteiger partial charge in [0.05, 0.1) is 10.5 Å². The third-order valence-electron chi connectivity index (χ3n) is 5.33. The first-order valence-electron chi connectivity index (χ1n) is 9.83. The van der Waals surface area contributed by atoms with Gasteiger partial charge in [-0.15, -0.1) is 0 Å². The molecule has 32 heavy (non-hydrogen) atoms. The van der Waals surface area contributed by atoms with Crippen LogP contribution < -0.4 is 10.9 Å². The molecule has 0 spiro atoms. The quantitative estimate of drug-likeness (QED) is 0.439. The van der Waals surface area contributed by atoms with E-state index >= 15 is 0 Å². The second kappa shape index (κ2) is 7.65. The van der Waals surface area contributed by atoms with Gasteiger partial charge in [-0.1, -0.05) is 40.1 Å². The highest BCUT2D eigenvalue weighted by molar-refractivity contribution is 6.37. The van der Waals surface area contributed by atoms with Gasteiger partial charge in [0.15, 0.2) is 5.69 Å². The van der Waals surface area contributed by atoms with Crippen molar-refractivity contribution in [2.24, 2.45) is 0 Å². The van der Waals surface area contributed by atoms with E-state index in [-0.39, 0.29) is 23.7 Å². The molecule has 5 rings (SSSR count). The Bertz CT molecular complexity index is 1560. The van der Waals surface area contributed by atoms with Crippen molar-refractivity contribution in [1.29, 1.82) is 0 Å². The molecule has 0 bridgehead atoms. The molecule has 160 valence electrons. The van der Waals surface area contributed by atoms with Crippen LogP contribution in [0.3, 0.4) is 0 Å². The predicted molar refractivity (Wildman–Crippen MR) is 119 cm³/mol. The zero-order valence-corrected chi connectivity index (χ0v) is 17.9. The average Bonchev–Trinajstić information content (AvgIpc) is 3.38. The number of aromatic nitrogens is 3. The number of nitrogens with zero attached hydrogens (tertiary/aromatic N) is 3. The third kappa shape index (κ3) is 3.16. The topological polar surface area (TPSA) is 103 Å². The summed E-state index contributed by atoms with van der Waals surface area (Å²) in [5.74, 6) is 0.0875. The molecule has 0 unspecified atom stereocenters. The Balaban J connectivity index is 1.60. The Labute approximate surface area is 186 Å². The summed E-state index contributed by atoms with van der Waals surface area (Å²) in [5, 5.41) is 12.1. The van der Waals surface area contributed by atoms with Gasteiger partial charge in [0.2, 0.25) is 0 Å². The lowest BCUT2D eigenvalue weighted by Crippen LogP contribution is -2.24. The second-order valence-electron chi connectivity index (χ2n) is 7.44. The normalized spacial score (nSPS) is 11.3. The highest BCUT2D eigenvalue weighted by atomic mass is 35.5. The minimum atomic E-state index is -0.336. The van der Waals surface area contributed by atoms with Gasteiger partial charge in [0.25, 0.3) is 11.5 Å². The molecule has 0 radical (unpaired) electrons. The van der Waals surface area contributed by atoms with Gasteiger partial charge < -0.3 is 14.4 Å². The zero-order valence-electron chi connectivity index (χ0n) is 17.2.